The lowest BCUT2D eigenvalue weighted by molar-refractivity contribution is -0.384. The van der Waals surface area contributed by atoms with Crippen LogP contribution in [-0.2, 0) is 4.79 Å². The monoisotopic (exact) mass is 329 g/mol. The van der Waals surface area contributed by atoms with E-state index in [9.17, 15) is 14.9 Å². The lowest BCUT2D eigenvalue weighted by atomic mass is 10.2. The van der Waals surface area contributed by atoms with Crippen molar-refractivity contribution in [2.24, 2.45) is 0 Å². The van der Waals surface area contributed by atoms with Crippen LogP contribution >= 0.6 is 15.9 Å². The van der Waals surface area contributed by atoms with Crippen molar-refractivity contribution in [1.29, 1.82) is 0 Å². The summed E-state index contributed by atoms with van der Waals surface area (Å²) in [6.45, 7) is 5.49. The van der Waals surface area contributed by atoms with Crippen LogP contribution in [0.15, 0.2) is 22.7 Å². The number of amides is 1. The zero-order chi connectivity index (χ0) is 14.6. The molecule has 1 unspecified atom stereocenters. The predicted molar refractivity (Wildman–Crippen MR) is 77.2 cm³/mol. The summed E-state index contributed by atoms with van der Waals surface area (Å²) >= 11 is 3.25. The summed E-state index contributed by atoms with van der Waals surface area (Å²) < 4.78 is 0.547. The summed E-state index contributed by atoms with van der Waals surface area (Å²) in [7, 11) is 0. The van der Waals surface area contributed by atoms with Crippen LogP contribution in [0.5, 0.6) is 0 Å². The number of carbonyl (C=O) groups is 1. The highest BCUT2D eigenvalue weighted by atomic mass is 79.9. The van der Waals surface area contributed by atoms with Crippen molar-refractivity contribution < 1.29 is 9.72 Å². The molecule has 2 N–H and O–H groups in total. The first-order valence-corrected chi connectivity index (χ1v) is 6.61. The number of hydrogen-bond acceptors (Lipinski definition) is 4. The van der Waals surface area contributed by atoms with Crippen molar-refractivity contribution >= 4 is 33.2 Å². The molecule has 0 fully saturated rings. The Hall–Kier alpha value is -1.63. The topological polar surface area (TPSA) is 84.3 Å². The lowest BCUT2D eigenvalue weighted by Gasteiger charge is -2.17. The fourth-order valence-corrected chi connectivity index (χ4v) is 1.92. The molecule has 1 amide bonds. The second-order valence-corrected chi connectivity index (χ2v) is 5.30. The van der Waals surface area contributed by atoms with Crippen molar-refractivity contribution in [2.45, 2.75) is 32.9 Å². The molecule has 0 aliphatic rings. The first-order valence-electron chi connectivity index (χ1n) is 5.82. The molecule has 0 saturated carbocycles. The predicted octanol–water partition coefficient (Wildman–Crippen LogP) is 2.68. The molecule has 104 valence electrons. The number of hydrogen-bond donors (Lipinski definition) is 2. The molecule has 0 bridgehead atoms. The van der Waals surface area contributed by atoms with Gasteiger partial charge in [-0.25, -0.2) is 0 Å². The molecule has 0 aliphatic carbocycles. The summed E-state index contributed by atoms with van der Waals surface area (Å²) in [4.78, 5) is 21.9. The first kappa shape index (κ1) is 15.4. The highest BCUT2D eigenvalue weighted by Gasteiger charge is 2.16. The SMILES string of the molecule is CC(C)NC(=O)C(C)Nc1ccc([N+](=O)[O-])cc1Br. The fourth-order valence-electron chi connectivity index (χ4n) is 1.44. The van der Waals surface area contributed by atoms with Gasteiger partial charge in [-0.2, -0.15) is 0 Å². The highest BCUT2D eigenvalue weighted by Crippen LogP contribution is 2.27. The van der Waals surface area contributed by atoms with Crippen LogP contribution in [0.25, 0.3) is 0 Å². The zero-order valence-electron chi connectivity index (χ0n) is 10.9. The van der Waals surface area contributed by atoms with E-state index in [1.54, 1.807) is 13.0 Å². The van der Waals surface area contributed by atoms with Gasteiger partial charge >= 0.3 is 0 Å². The zero-order valence-corrected chi connectivity index (χ0v) is 12.5. The summed E-state index contributed by atoms with van der Waals surface area (Å²) in [5, 5.41) is 16.4. The Bertz CT molecular complexity index is 491. The van der Waals surface area contributed by atoms with Crippen molar-refractivity contribution in [3.05, 3.63) is 32.8 Å². The molecule has 1 rings (SSSR count). The van der Waals surface area contributed by atoms with Crippen molar-refractivity contribution in [1.82, 2.24) is 5.32 Å². The van der Waals surface area contributed by atoms with Gasteiger partial charge in [0.15, 0.2) is 0 Å². The van der Waals surface area contributed by atoms with Crippen LogP contribution in [-0.4, -0.2) is 22.9 Å². The van der Waals surface area contributed by atoms with Crippen LogP contribution in [0.4, 0.5) is 11.4 Å². The van der Waals surface area contributed by atoms with Gasteiger partial charge in [0.25, 0.3) is 5.69 Å². The van der Waals surface area contributed by atoms with E-state index < -0.39 is 11.0 Å². The minimum Gasteiger partial charge on any atom is -0.373 e. The Balaban J connectivity index is 2.77. The quantitative estimate of drug-likeness (QED) is 0.642. The lowest BCUT2D eigenvalue weighted by Crippen LogP contribution is -2.41. The van der Waals surface area contributed by atoms with Gasteiger partial charge in [-0.15, -0.1) is 0 Å². The molecule has 0 radical (unpaired) electrons. The number of benzene rings is 1. The smallest absolute Gasteiger partial charge is 0.270 e. The van der Waals surface area contributed by atoms with Gasteiger partial charge in [0.05, 0.1) is 4.92 Å². The maximum absolute atomic E-state index is 11.7. The van der Waals surface area contributed by atoms with Crippen molar-refractivity contribution in [3.63, 3.8) is 0 Å². The van der Waals surface area contributed by atoms with E-state index in [4.69, 9.17) is 0 Å². The molecular formula is C12H16BrN3O3. The average molecular weight is 330 g/mol. The molecule has 19 heavy (non-hydrogen) atoms. The number of halogens is 1. The maximum Gasteiger partial charge on any atom is 0.270 e. The third-order valence-corrected chi connectivity index (χ3v) is 3.02. The molecule has 6 nitrogen and oxygen atoms in total. The Labute approximate surface area is 119 Å². The number of anilines is 1. The van der Waals surface area contributed by atoms with Gasteiger partial charge in [0, 0.05) is 28.3 Å². The number of nitro benzene ring substituents is 1. The van der Waals surface area contributed by atoms with E-state index in [0.717, 1.165) is 0 Å². The number of nitrogens with one attached hydrogen (secondary N) is 2. The molecule has 1 aromatic rings. The molecule has 0 aliphatic heterocycles. The van der Waals surface area contributed by atoms with Gasteiger partial charge in [-0.1, -0.05) is 0 Å². The van der Waals surface area contributed by atoms with E-state index in [1.165, 1.54) is 12.1 Å². The first-order chi connectivity index (χ1) is 8.81. The van der Waals surface area contributed by atoms with E-state index in [1.807, 2.05) is 13.8 Å². The van der Waals surface area contributed by atoms with E-state index in [0.29, 0.717) is 10.2 Å². The van der Waals surface area contributed by atoms with Crippen LogP contribution in [0.3, 0.4) is 0 Å². The Kier molecular flexibility index (Phi) is 5.29. The van der Waals surface area contributed by atoms with Gasteiger partial charge < -0.3 is 10.6 Å². The summed E-state index contributed by atoms with van der Waals surface area (Å²) in [6.07, 6.45) is 0. The van der Waals surface area contributed by atoms with Crippen molar-refractivity contribution in [2.75, 3.05) is 5.32 Å². The second-order valence-electron chi connectivity index (χ2n) is 4.45. The largest absolute Gasteiger partial charge is 0.373 e. The van der Waals surface area contributed by atoms with Gasteiger partial charge in [0.2, 0.25) is 5.91 Å². The third-order valence-electron chi connectivity index (χ3n) is 2.36. The Morgan fingerprint density at radius 2 is 2.00 bits per heavy atom. The van der Waals surface area contributed by atoms with E-state index in [-0.39, 0.29) is 17.6 Å². The number of nitrogens with zero attached hydrogens (tertiary/aromatic N) is 1. The summed E-state index contributed by atoms with van der Waals surface area (Å²) in [5.74, 6) is -0.125. The molecule has 0 spiro atoms. The van der Waals surface area contributed by atoms with Crippen LogP contribution in [0.1, 0.15) is 20.8 Å². The minimum absolute atomic E-state index is 0.00305. The molecule has 1 aromatic carbocycles. The van der Waals surface area contributed by atoms with Crippen molar-refractivity contribution in [3.8, 4) is 0 Å². The fraction of sp³-hybridized carbons (Fsp3) is 0.417. The van der Waals surface area contributed by atoms with Crippen LogP contribution in [0, 0.1) is 10.1 Å². The van der Waals surface area contributed by atoms with Gasteiger partial charge in [-0.3, -0.25) is 14.9 Å². The average Bonchev–Trinajstić information content (AvgIpc) is 2.30. The minimum atomic E-state index is -0.469. The normalized spacial score (nSPS) is 12.1. The third kappa shape index (κ3) is 4.51. The number of rotatable bonds is 5. The summed E-state index contributed by atoms with van der Waals surface area (Å²) in [5.41, 5.74) is 0.633. The Morgan fingerprint density at radius 1 is 1.37 bits per heavy atom. The molecular weight excluding hydrogens is 314 g/mol. The molecule has 0 saturated heterocycles. The van der Waals surface area contributed by atoms with Gasteiger partial charge in [-0.05, 0) is 42.8 Å². The number of nitro groups is 1. The second kappa shape index (κ2) is 6.51. The van der Waals surface area contributed by atoms with Crippen LogP contribution < -0.4 is 10.6 Å². The molecule has 1 atom stereocenters. The van der Waals surface area contributed by atoms with Gasteiger partial charge in [0.1, 0.15) is 6.04 Å². The molecule has 0 aromatic heterocycles. The van der Waals surface area contributed by atoms with Crippen LogP contribution in [0.2, 0.25) is 0 Å². The number of non-ortho nitro benzene ring substituents is 1. The molecule has 0 heterocycles. The standard InChI is InChI=1S/C12H16BrN3O3/c1-7(2)14-12(17)8(3)15-11-5-4-9(16(18)19)6-10(11)13/h4-8,15H,1-3H3,(H,14,17). The number of carbonyl (C=O) groups excluding carboxylic acids is 1. The highest BCUT2D eigenvalue weighted by molar-refractivity contribution is 9.10. The maximum atomic E-state index is 11.7. The van der Waals surface area contributed by atoms with E-state index in [2.05, 4.69) is 26.6 Å². The van der Waals surface area contributed by atoms with E-state index >= 15 is 0 Å². The summed E-state index contributed by atoms with van der Waals surface area (Å²) in [6, 6.07) is 3.99. The Morgan fingerprint density at radius 3 is 2.47 bits per heavy atom. The molecule has 7 heteroatoms.